The number of carbonyl (C=O) groups excluding carboxylic acids is 2. The molecule has 6 heteroatoms. The van der Waals surface area contributed by atoms with Crippen molar-refractivity contribution >= 4 is 33.4 Å². The third-order valence-corrected chi connectivity index (χ3v) is 6.26. The lowest BCUT2D eigenvalue weighted by Gasteiger charge is -2.19. The maximum absolute atomic E-state index is 12.5. The van der Waals surface area contributed by atoms with Gasteiger partial charge in [-0.3, -0.25) is 9.59 Å². The zero-order valence-electron chi connectivity index (χ0n) is 15.7. The highest BCUT2D eigenvalue weighted by Crippen LogP contribution is 2.27. The van der Waals surface area contributed by atoms with E-state index in [1.807, 2.05) is 6.92 Å². The molecule has 0 spiro atoms. The summed E-state index contributed by atoms with van der Waals surface area (Å²) >= 11 is 1.46. The number of carbonyl (C=O) groups is 2. The number of fused-ring (bicyclic) bond motifs is 1. The molecule has 1 saturated carbocycles. The summed E-state index contributed by atoms with van der Waals surface area (Å²) in [5, 5.41) is 0. The van der Waals surface area contributed by atoms with Gasteiger partial charge in [-0.25, -0.2) is 0 Å². The number of amides is 1. The van der Waals surface area contributed by atoms with Crippen LogP contribution in [0.5, 0.6) is 0 Å². The van der Waals surface area contributed by atoms with Gasteiger partial charge in [0.2, 0.25) is 5.91 Å². The third kappa shape index (κ3) is 4.23. The molecule has 5 nitrogen and oxygen atoms in total. The monoisotopic (exact) mass is 374 g/mol. The molecular weight excluding hydrogens is 348 g/mol. The van der Waals surface area contributed by atoms with Crippen LogP contribution in [0.2, 0.25) is 0 Å². The van der Waals surface area contributed by atoms with Crippen LogP contribution in [0.4, 0.5) is 0 Å². The highest BCUT2D eigenvalue weighted by molar-refractivity contribution is 7.16. The molecule has 1 heterocycles. The molecule has 26 heavy (non-hydrogen) atoms. The van der Waals surface area contributed by atoms with E-state index in [0.717, 1.165) is 28.6 Å². The molecule has 140 valence electrons. The summed E-state index contributed by atoms with van der Waals surface area (Å²) < 4.78 is 7.66. The number of rotatable bonds is 4. The highest BCUT2D eigenvalue weighted by atomic mass is 32.1. The van der Waals surface area contributed by atoms with Gasteiger partial charge in [0.1, 0.15) is 6.54 Å². The molecule has 1 aliphatic rings. The summed E-state index contributed by atoms with van der Waals surface area (Å²) in [6, 6.07) is 4.14. The molecule has 1 aromatic carbocycles. The fourth-order valence-corrected chi connectivity index (χ4v) is 4.67. The van der Waals surface area contributed by atoms with Crippen molar-refractivity contribution in [3.8, 4) is 0 Å². The second-order valence-corrected chi connectivity index (χ2v) is 8.17. The van der Waals surface area contributed by atoms with Crippen LogP contribution in [0.1, 0.15) is 49.7 Å². The maximum Gasteiger partial charge on any atom is 0.325 e. The Morgan fingerprint density at radius 3 is 2.58 bits per heavy atom. The molecule has 1 fully saturated rings. The van der Waals surface area contributed by atoms with Gasteiger partial charge in [-0.2, -0.15) is 4.99 Å². The first kappa shape index (κ1) is 18.8. The Morgan fingerprint density at radius 1 is 1.19 bits per heavy atom. The summed E-state index contributed by atoms with van der Waals surface area (Å²) in [7, 11) is 1.37. The van der Waals surface area contributed by atoms with Crippen LogP contribution < -0.4 is 4.80 Å². The summed E-state index contributed by atoms with van der Waals surface area (Å²) in [6.45, 7) is 4.17. The number of thiazole rings is 1. The van der Waals surface area contributed by atoms with E-state index in [-0.39, 0.29) is 18.4 Å². The van der Waals surface area contributed by atoms with Crippen LogP contribution >= 0.6 is 11.3 Å². The van der Waals surface area contributed by atoms with Crippen LogP contribution in [0.15, 0.2) is 17.1 Å². The van der Waals surface area contributed by atoms with E-state index in [0.29, 0.717) is 17.1 Å². The van der Waals surface area contributed by atoms with Crippen molar-refractivity contribution in [2.24, 2.45) is 10.9 Å². The second kappa shape index (κ2) is 8.16. The van der Waals surface area contributed by atoms with Crippen molar-refractivity contribution in [2.75, 3.05) is 7.11 Å². The molecule has 1 aliphatic carbocycles. The lowest BCUT2D eigenvalue weighted by Crippen LogP contribution is -2.23. The van der Waals surface area contributed by atoms with Gasteiger partial charge in [0.05, 0.1) is 17.3 Å². The van der Waals surface area contributed by atoms with Gasteiger partial charge in [-0.05, 0) is 55.9 Å². The quantitative estimate of drug-likeness (QED) is 0.763. The second-order valence-electron chi connectivity index (χ2n) is 7.16. The molecule has 0 N–H and O–H groups in total. The van der Waals surface area contributed by atoms with E-state index >= 15 is 0 Å². The fourth-order valence-electron chi connectivity index (χ4n) is 3.54. The zero-order valence-corrected chi connectivity index (χ0v) is 16.5. The van der Waals surface area contributed by atoms with Crippen molar-refractivity contribution < 1.29 is 14.3 Å². The summed E-state index contributed by atoms with van der Waals surface area (Å²) in [5.74, 6) is 0.0209. The minimum absolute atomic E-state index is 0.0640. The Hall–Kier alpha value is -1.95. The topological polar surface area (TPSA) is 60.7 Å². The first-order chi connectivity index (χ1) is 12.5. The summed E-state index contributed by atoms with van der Waals surface area (Å²) in [4.78, 5) is 29.3. The molecule has 0 aliphatic heterocycles. The predicted octanol–water partition coefficient (Wildman–Crippen LogP) is 3.89. The van der Waals surface area contributed by atoms with Crippen LogP contribution in [0.25, 0.3) is 10.2 Å². The lowest BCUT2D eigenvalue weighted by atomic mass is 9.87. The van der Waals surface area contributed by atoms with Crippen molar-refractivity contribution in [1.29, 1.82) is 0 Å². The lowest BCUT2D eigenvalue weighted by molar-refractivity contribution is -0.141. The van der Waals surface area contributed by atoms with Gasteiger partial charge < -0.3 is 9.30 Å². The molecule has 0 saturated heterocycles. The maximum atomic E-state index is 12.5. The number of hydrogen-bond donors (Lipinski definition) is 0. The molecule has 0 radical (unpaired) electrons. The van der Waals surface area contributed by atoms with Crippen LogP contribution in [-0.4, -0.2) is 23.6 Å². The zero-order chi connectivity index (χ0) is 18.7. The predicted molar refractivity (Wildman–Crippen MR) is 103 cm³/mol. The molecule has 2 aromatic rings. The van der Waals surface area contributed by atoms with E-state index in [2.05, 4.69) is 24.0 Å². The number of nitrogens with zero attached hydrogens (tertiary/aromatic N) is 2. The number of hydrogen-bond acceptors (Lipinski definition) is 4. The van der Waals surface area contributed by atoms with Crippen LogP contribution in [0.3, 0.4) is 0 Å². The van der Waals surface area contributed by atoms with Gasteiger partial charge >= 0.3 is 5.97 Å². The van der Waals surface area contributed by atoms with E-state index < -0.39 is 0 Å². The number of benzene rings is 1. The normalized spacial score (nSPS) is 16.2. The molecule has 0 bridgehead atoms. The summed E-state index contributed by atoms with van der Waals surface area (Å²) in [5.41, 5.74) is 3.26. The Bertz CT molecular complexity index is 888. The fraction of sp³-hybridized carbons (Fsp3) is 0.550. The first-order valence-corrected chi connectivity index (χ1v) is 10.0. The van der Waals surface area contributed by atoms with Gasteiger partial charge in [-0.15, -0.1) is 0 Å². The van der Waals surface area contributed by atoms with E-state index in [1.165, 1.54) is 43.3 Å². The number of ether oxygens (including phenoxy) is 1. The first-order valence-electron chi connectivity index (χ1n) is 9.23. The van der Waals surface area contributed by atoms with Crippen molar-refractivity contribution in [1.82, 2.24) is 4.57 Å². The van der Waals surface area contributed by atoms with E-state index in [1.54, 1.807) is 4.57 Å². The number of methoxy groups -OCH3 is 1. The van der Waals surface area contributed by atoms with Crippen LogP contribution in [0, 0.1) is 19.8 Å². The highest BCUT2D eigenvalue weighted by Gasteiger charge is 2.18. The molecule has 1 aromatic heterocycles. The van der Waals surface area contributed by atoms with Gasteiger partial charge in [-0.1, -0.05) is 30.6 Å². The Morgan fingerprint density at radius 2 is 1.88 bits per heavy atom. The number of aromatic nitrogens is 1. The van der Waals surface area contributed by atoms with Gasteiger partial charge in [0, 0.05) is 6.42 Å². The molecule has 0 atom stereocenters. The van der Waals surface area contributed by atoms with E-state index in [9.17, 15) is 9.59 Å². The standard InChI is InChI=1S/C20H26N2O3S/c1-13-9-16-17(10-14(13)2)26-20(22(16)12-19(24)25-3)21-18(23)11-15-7-5-4-6-8-15/h9-10,15H,4-8,11-12H2,1-3H3. The van der Waals surface area contributed by atoms with E-state index in [4.69, 9.17) is 4.74 Å². The molecular formula is C20H26N2O3S. The minimum Gasteiger partial charge on any atom is -0.468 e. The number of aryl methyl sites for hydroxylation is 2. The average molecular weight is 375 g/mol. The van der Waals surface area contributed by atoms with Gasteiger partial charge in [0.15, 0.2) is 4.80 Å². The smallest absolute Gasteiger partial charge is 0.325 e. The van der Waals surface area contributed by atoms with Crippen molar-refractivity contribution in [3.63, 3.8) is 0 Å². The number of esters is 1. The van der Waals surface area contributed by atoms with Crippen molar-refractivity contribution in [3.05, 3.63) is 28.1 Å². The largest absolute Gasteiger partial charge is 0.468 e. The minimum atomic E-state index is -0.343. The summed E-state index contributed by atoms with van der Waals surface area (Å²) in [6.07, 6.45) is 6.44. The molecule has 1 amide bonds. The Balaban J connectivity index is 1.98. The average Bonchev–Trinajstić information content (AvgIpc) is 2.92. The third-order valence-electron chi connectivity index (χ3n) is 5.22. The Kier molecular flexibility index (Phi) is 5.91. The molecule has 0 unspecified atom stereocenters. The van der Waals surface area contributed by atoms with Crippen LogP contribution in [-0.2, 0) is 20.9 Å². The van der Waals surface area contributed by atoms with Gasteiger partial charge in [0.25, 0.3) is 0 Å². The SMILES string of the molecule is COC(=O)Cn1c(=NC(=O)CC2CCCCC2)sc2cc(C)c(C)cc21. The van der Waals surface area contributed by atoms with Crippen molar-refractivity contribution in [2.45, 2.75) is 58.9 Å². The Labute approximate surface area is 157 Å². The molecule has 3 rings (SSSR count).